The van der Waals surface area contributed by atoms with Gasteiger partial charge in [0.25, 0.3) is 0 Å². The third-order valence-electron chi connectivity index (χ3n) is 7.02. The first kappa shape index (κ1) is 25.0. The van der Waals surface area contributed by atoms with E-state index in [1.165, 1.54) is 28.3 Å². The van der Waals surface area contributed by atoms with Crippen LogP contribution in [0.3, 0.4) is 0 Å². The number of hydrogen-bond donors (Lipinski definition) is 1. The Hall–Kier alpha value is -3.63. The molecule has 1 aliphatic carbocycles. The highest BCUT2D eigenvalue weighted by Crippen LogP contribution is 2.44. The lowest BCUT2D eigenvalue weighted by molar-refractivity contribution is 0.0728. The van der Waals surface area contributed by atoms with E-state index >= 15 is 0 Å². The van der Waals surface area contributed by atoms with Gasteiger partial charge in [-0.2, -0.15) is 8.42 Å². The van der Waals surface area contributed by atoms with E-state index in [1.807, 2.05) is 24.3 Å². The van der Waals surface area contributed by atoms with Gasteiger partial charge in [0.15, 0.2) is 5.75 Å². The van der Waals surface area contributed by atoms with Gasteiger partial charge in [0.2, 0.25) is 0 Å². The summed E-state index contributed by atoms with van der Waals surface area (Å²) in [5.41, 5.74) is 12.0. The van der Waals surface area contributed by atoms with E-state index in [0.29, 0.717) is 49.5 Å². The molecule has 0 bridgehead atoms. The lowest BCUT2D eigenvalue weighted by atomic mass is 9.98. The van der Waals surface area contributed by atoms with Gasteiger partial charge in [0.1, 0.15) is 6.61 Å². The largest absolute Gasteiger partial charge is 0.488 e. The SMILES string of the molecule is Cc1c(N)cc(CN2CCN(C(=O)OCC3c4ccccc4-c4ccccc43)CC2)cc1OS(=O)(=O)F. The number of carbonyl (C=O) groups excluding carboxylic acids is 1. The van der Waals surface area contributed by atoms with Crippen LogP contribution in [-0.2, 0) is 21.8 Å². The van der Waals surface area contributed by atoms with Crippen molar-refractivity contribution in [3.8, 4) is 16.9 Å². The average Bonchev–Trinajstić information content (AvgIpc) is 3.19. The maximum Gasteiger partial charge on any atom is 0.488 e. The molecular weight excluding hydrogens is 497 g/mol. The second-order valence-corrected chi connectivity index (χ2v) is 10.3. The van der Waals surface area contributed by atoms with Crippen molar-refractivity contribution in [2.45, 2.75) is 19.4 Å². The van der Waals surface area contributed by atoms with Crippen LogP contribution in [0.5, 0.6) is 5.75 Å². The molecule has 1 saturated heterocycles. The van der Waals surface area contributed by atoms with Gasteiger partial charge in [-0.15, -0.1) is 0 Å². The number of ether oxygens (including phenoxy) is 1. The summed E-state index contributed by atoms with van der Waals surface area (Å²) in [5, 5.41) is 0. The standard InChI is InChI=1S/C27H28FN3O5S/c1-18-25(29)14-19(15-26(18)36-37(28,33)34)16-30-10-12-31(13-11-30)27(32)35-17-24-22-8-4-2-6-20(22)21-7-3-5-9-23(21)24/h2-9,14-15,24H,10-13,16-17,29H2,1H3. The molecule has 2 N–H and O–H groups in total. The van der Waals surface area contributed by atoms with Crippen LogP contribution in [0.15, 0.2) is 60.7 Å². The molecule has 194 valence electrons. The normalized spacial score (nSPS) is 15.8. The third-order valence-corrected chi connectivity index (χ3v) is 7.40. The van der Waals surface area contributed by atoms with Crippen molar-refractivity contribution in [3.05, 3.63) is 82.9 Å². The summed E-state index contributed by atoms with van der Waals surface area (Å²) in [7, 11) is -5.16. The molecule has 0 spiro atoms. The molecule has 8 nitrogen and oxygen atoms in total. The predicted octanol–water partition coefficient (Wildman–Crippen LogP) is 4.24. The summed E-state index contributed by atoms with van der Waals surface area (Å²) in [6.45, 7) is 4.44. The van der Waals surface area contributed by atoms with Crippen molar-refractivity contribution >= 4 is 22.3 Å². The number of amides is 1. The second kappa shape index (κ2) is 10.0. The first-order valence-electron chi connectivity index (χ1n) is 12.0. The molecule has 10 heteroatoms. The molecule has 1 amide bonds. The van der Waals surface area contributed by atoms with E-state index in [1.54, 1.807) is 17.9 Å². The molecule has 0 radical (unpaired) electrons. The summed E-state index contributed by atoms with van der Waals surface area (Å²) >= 11 is 0. The number of piperazine rings is 1. The molecule has 3 aromatic rings. The van der Waals surface area contributed by atoms with Crippen molar-refractivity contribution in [2.75, 3.05) is 38.5 Å². The minimum absolute atomic E-state index is 0.00850. The van der Waals surface area contributed by atoms with Crippen LogP contribution in [0, 0.1) is 6.92 Å². The zero-order valence-electron chi connectivity index (χ0n) is 20.4. The second-order valence-electron chi connectivity index (χ2n) is 9.35. The van der Waals surface area contributed by atoms with E-state index in [4.69, 9.17) is 10.5 Å². The molecule has 5 rings (SSSR count). The summed E-state index contributed by atoms with van der Waals surface area (Å²) in [6, 6.07) is 19.6. The maximum atomic E-state index is 13.1. The number of nitrogens with two attached hydrogens (primary N) is 1. The summed E-state index contributed by atoms with van der Waals surface area (Å²) < 4.78 is 45.1. The summed E-state index contributed by atoms with van der Waals surface area (Å²) in [4.78, 5) is 16.7. The van der Waals surface area contributed by atoms with Gasteiger partial charge in [-0.25, -0.2) is 4.79 Å². The van der Waals surface area contributed by atoms with Crippen molar-refractivity contribution in [1.29, 1.82) is 0 Å². The number of hydrogen-bond acceptors (Lipinski definition) is 7. The summed E-state index contributed by atoms with van der Waals surface area (Å²) in [6.07, 6.45) is -0.343. The highest BCUT2D eigenvalue weighted by Gasteiger charge is 2.30. The summed E-state index contributed by atoms with van der Waals surface area (Å²) in [5.74, 6) is -0.121. The van der Waals surface area contributed by atoms with Crippen molar-refractivity contribution < 1.29 is 26.0 Å². The van der Waals surface area contributed by atoms with Crippen molar-refractivity contribution in [3.63, 3.8) is 0 Å². The zero-order chi connectivity index (χ0) is 26.2. The third kappa shape index (κ3) is 5.40. The van der Waals surface area contributed by atoms with Gasteiger partial charge in [-0.05, 0) is 46.9 Å². The van der Waals surface area contributed by atoms with Crippen LogP contribution in [0.4, 0.5) is 14.4 Å². The Kier molecular flexibility index (Phi) is 6.78. The number of halogens is 1. The van der Waals surface area contributed by atoms with Crippen LogP contribution >= 0.6 is 0 Å². The highest BCUT2D eigenvalue weighted by molar-refractivity contribution is 7.81. The molecule has 37 heavy (non-hydrogen) atoms. The van der Waals surface area contributed by atoms with Crippen LogP contribution in [-0.4, -0.2) is 57.1 Å². The fourth-order valence-electron chi connectivity index (χ4n) is 5.09. The van der Waals surface area contributed by atoms with E-state index in [-0.39, 0.29) is 24.4 Å². The topological polar surface area (TPSA) is 102 Å². The molecular formula is C27H28FN3O5S. The molecule has 2 aliphatic rings. The number of rotatable bonds is 6. The number of nitrogens with zero attached hydrogens (tertiary/aromatic N) is 2. The zero-order valence-corrected chi connectivity index (χ0v) is 21.2. The fourth-order valence-corrected chi connectivity index (χ4v) is 5.47. The van der Waals surface area contributed by atoms with Crippen LogP contribution in [0.1, 0.15) is 28.2 Å². The number of anilines is 1. The highest BCUT2D eigenvalue weighted by atomic mass is 32.3. The number of benzene rings is 3. The molecule has 0 atom stereocenters. The van der Waals surface area contributed by atoms with Gasteiger partial charge < -0.3 is 19.6 Å². The molecule has 1 aliphatic heterocycles. The van der Waals surface area contributed by atoms with Crippen molar-refractivity contribution in [2.24, 2.45) is 0 Å². The van der Waals surface area contributed by atoms with Crippen molar-refractivity contribution in [1.82, 2.24) is 9.80 Å². The minimum Gasteiger partial charge on any atom is -0.448 e. The molecule has 0 aromatic heterocycles. The van der Waals surface area contributed by atoms with Gasteiger partial charge in [0, 0.05) is 49.9 Å². The monoisotopic (exact) mass is 525 g/mol. The average molecular weight is 526 g/mol. The molecule has 1 fully saturated rings. The van der Waals surface area contributed by atoms with E-state index in [9.17, 15) is 17.1 Å². The van der Waals surface area contributed by atoms with E-state index < -0.39 is 10.5 Å². The van der Waals surface area contributed by atoms with Crippen LogP contribution < -0.4 is 9.92 Å². The first-order chi connectivity index (χ1) is 17.7. The lowest BCUT2D eigenvalue weighted by Crippen LogP contribution is -2.48. The van der Waals surface area contributed by atoms with Crippen LogP contribution in [0.25, 0.3) is 11.1 Å². The minimum atomic E-state index is -5.16. The first-order valence-corrected chi connectivity index (χ1v) is 13.4. The Morgan fingerprint density at radius 2 is 1.59 bits per heavy atom. The van der Waals surface area contributed by atoms with Gasteiger partial charge in [-0.3, -0.25) is 4.90 Å². The quantitative estimate of drug-likeness (QED) is 0.379. The Morgan fingerprint density at radius 3 is 2.19 bits per heavy atom. The maximum absolute atomic E-state index is 13.1. The smallest absolute Gasteiger partial charge is 0.448 e. The molecule has 1 heterocycles. The Morgan fingerprint density at radius 1 is 1.00 bits per heavy atom. The van der Waals surface area contributed by atoms with Crippen LogP contribution in [0.2, 0.25) is 0 Å². The van der Waals surface area contributed by atoms with Gasteiger partial charge in [-0.1, -0.05) is 52.4 Å². The van der Waals surface area contributed by atoms with Gasteiger partial charge in [0.05, 0.1) is 0 Å². The Labute approximate surface area is 215 Å². The number of fused-ring (bicyclic) bond motifs is 3. The molecule has 3 aromatic carbocycles. The van der Waals surface area contributed by atoms with E-state index in [0.717, 1.165) is 0 Å². The number of carbonyl (C=O) groups is 1. The Balaban J connectivity index is 1.17. The van der Waals surface area contributed by atoms with Gasteiger partial charge >= 0.3 is 16.6 Å². The predicted molar refractivity (Wildman–Crippen MR) is 138 cm³/mol. The lowest BCUT2D eigenvalue weighted by Gasteiger charge is -2.34. The Bertz CT molecular complexity index is 1390. The molecule has 0 unspecified atom stereocenters. The number of nitrogen functional groups attached to an aromatic ring is 1. The van der Waals surface area contributed by atoms with E-state index in [2.05, 4.69) is 33.3 Å². The molecule has 0 saturated carbocycles. The fraction of sp³-hybridized carbons (Fsp3) is 0.296.